The summed E-state index contributed by atoms with van der Waals surface area (Å²) < 4.78 is 4.89. The van der Waals surface area contributed by atoms with Crippen LogP contribution in [0.1, 0.15) is 49.3 Å². The number of carbonyl (C=O) groups excluding carboxylic acids is 3. The molecule has 2 unspecified atom stereocenters. The number of likely N-dealkylation sites (tertiary alicyclic amines) is 1. The number of hydrogen-bond acceptors (Lipinski definition) is 6. The quantitative estimate of drug-likeness (QED) is 0.170. The highest BCUT2D eigenvalue weighted by atomic mass is 35.5. The first-order valence-electron chi connectivity index (χ1n) is 14.9. The Kier molecular flexibility index (Phi) is 9.69. The second-order valence-corrected chi connectivity index (χ2v) is 13.5. The molecule has 3 aliphatic heterocycles. The van der Waals surface area contributed by atoms with E-state index >= 15 is 0 Å². The van der Waals surface area contributed by atoms with Crippen molar-refractivity contribution in [1.82, 2.24) is 4.90 Å². The van der Waals surface area contributed by atoms with Crippen molar-refractivity contribution in [2.24, 2.45) is 11.8 Å². The molecule has 3 aliphatic rings. The summed E-state index contributed by atoms with van der Waals surface area (Å²) >= 11 is 8.25. The molecule has 228 valence electrons. The summed E-state index contributed by atoms with van der Waals surface area (Å²) in [4.78, 5) is 46.3. The zero-order chi connectivity index (χ0) is 30.7. The monoisotopic (exact) mass is 622 g/mol. The number of unbranched alkanes of at least 4 members (excludes halogenated alkanes) is 2. The van der Waals surface area contributed by atoms with E-state index in [0.717, 1.165) is 24.0 Å². The van der Waals surface area contributed by atoms with Crippen LogP contribution in [0.4, 0.5) is 5.69 Å². The fraction of sp³-hybridized carbons (Fsp3) is 0.441. The number of benzene rings is 2. The van der Waals surface area contributed by atoms with Crippen molar-refractivity contribution in [3.8, 4) is 0 Å². The number of hydrogen-bond donors (Lipinski definition) is 1. The van der Waals surface area contributed by atoms with Gasteiger partial charge in [0.2, 0.25) is 5.91 Å². The molecule has 7 nitrogen and oxygen atoms in total. The van der Waals surface area contributed by atoms with Crippen molar-refractivity contribution in [2.45, 2.75) is 61.1 Å². The smallest absolute Gasteiger partial charge is 0.310 e. The van der Waals surface area contributed by atoms with Crippen LogP contribution in [0, 0.1) is 18.8 Å². The van der Waals surface area contributed by atoms with Crippen LogP contribution in [0.25, 0.3) is 0 Å². The molecule has 0 aromatic heterocycles. The van der Waals surface area contributed by atoms with Gasteiger partial charge in [0, 0.05) is 11.8 Å². The number of aliphatic hydroxyl groups excluding tert-OH is 1. The maximum atomic E-state index is 14.9. The average molecular weight is 623 g/mol. The molecule has 3 fully saturated rings. The molecule has 1 spiro atoms. The summed E-state index contributed by atoms with van der Waals surface area (Å²) in [6, 6.07) is 13.0. The van der Waals surface area contributed by atoms with E-state index in [9.17, 15) is 19.5 Å². The van der Waals surface area contributed by atoms with Gasteiger partial charge in [-0.1, -0.05) is 66.2 Å². The lowest BCUT2D eigenvalue weighted by Crippen LogP contribution is -2.56. The Bertz CT molecular complexity index is 1370. The molecule has 6 atom stereocenters. The Morgan fingerprint density at radius 1 is 1.19 bits per heavy atom. The lowest BCUT2D eigenvalue weighted by Gasteiger charge is -2.40. The van der Waals surface area contributed by atoms with Gasteiger partial charge in [-0.05, 0) is 56.2 Å². The first-order valence-corrected chi connectivity index (χ1v) is 16.2. The summed E-state index contributed by atoms with van der Waals surface area (Å²) in [5.74, 6) is -2.36. The maximum Gasteiger partial charge on any atom is 0.310 e. The lowest BCUT2D eigenvalue weighted by atomic mass is 9.71. The van der Waals surface area contributed by atoms with Crippen LogP contribution < -0.4 is 4.90 Å². The summed E-state index contributed by atoms with van der Waals surface area (Å²) in [6.07, 6.45) is 7.21. The maximum absolute atomic E-state index is 14.9. The van der Waals surface area contributed by atoms with Crippen LogP contribution in [-0.4, -0.2) is 63.6 Å². The van der Waals surface area contributed by atoms with Gasteiger partial charge >= 0.3 is 5.97 Å². The number of halogens is 1. The van der Waals surface area contributed by atoms with E-state index in [1.54, 1.807) is 33.7 Å². The predicted molar refractivity (Wildman–Crippen MR) is 171 cm³/mol. The number of rotatable bonds is 13. The molecule has 2 bridgehead atoms. The normalized spacial score (nSPS) is 26.2. The van der Waals surface area contributed by atoms with E-state index in [2.05, 4.69) is 13.2 Å². The summed E-state index contributed by atoms with van der Waals surface area (Å²) in [5.41, 5.74) is 2.10. The van der Waals surface area contributed by atoms with Crippen molar-refractivity contribution >= 4 is 46.8 Å². The lowest BCUT2D eigenvalue weighted by molar-refractivity contribution is -0.154. The number of thioether (sulfide) groups is 1. The highest BCUT2D eigenvalue weighted by molar-refractivity contribution is 8.02. The van der Waals surface area contributed by atoms with E-state index in [-0.39, 0.29) is 42.8 Å². The number of esters is 1. The van der Waals surface area contributed by atoms with Crippen LogP contribution in [0.5, 0.6) is 0 Å². The molecule has 43 heavy (non-hydrogen) atoms. The Morgan fingerprint density at radius 3 is 2.63 bits per heavy atom. The number of allylic oxidation sites excluding steroid dienone is 1. The molecule has 2 aromatic rings. The minimum absolute atomic E-state index is 0.119. The summed E-state index contributed by atoms with van der Waals surface area (Å²) in [6.45, 7) is 9.61. The highest BCUT2D eigenvalue weighted by Gasteiger charge is 2.75. The van der Waals surface area contributed by atoms with E-state index in [0.29, 0.717) is 30.0 Å². The first-order chi connectivity index (χ1) is 20.8. The van der Waals surface area contributed by atoms with Crippen molar-refractivity contribution in [3.05, 3.63) is 90.0 Å². The van der Waals surface area contributed by atoms with Gasteiger partial charge in [-0.2, -0.15) is 0 Å². The standard InChI is InChI=1S/C34H39ClN2O5S/c1-4-6-7-11-20-42-33(41)27-26-17-18-34(43-26)28(27)31(39)37(25(21-38)23-14-9-8-10-15-23)30(34)32(40)36(19-5-2)29-22(3)13-12-16-24(29)35/h4-5,8-10,12-16,25-28,30,38H,1-2,6-7,11,17-21H2,3H3/t25-,26-,27+,28+,30?,34?/m1/s1. The molecule has 3 heterocycles. The minimum atomic E-state index is -0.932. The molecular formula is C34H39ClN2O5S. The molecule has 5 rings (SSSR count). The highest BCUT2D eigenvalue weighted by Crippen LogP contribution is 2.67. The van der Waals surface area contributed by atoms with Crippen LogP contribution in [-0.2, 0) is 19.1 Å². The first kappa shape index (κ1) is 31.4. The van der Waals surface area contributed by atoms with Crippen LogP contribution >= 0.6 is 23.4 Å². The number of nitrogens with zero attached hydrogens (tertiary/aromatic N) is 2. The van der Waals surface area contributed by atoms with Crippen LogP contribution in [0.3, 0.4) is 0 Å². The minimum Gasteiger partial charge on any atom is -0.465 e. The number of aryl methyl sites for hydroxylation is 1. The van der Waals surface area contributed by atoms with Crippen LogP contribution in [0.2, 0.25) is 5.02 Å². The number of fused-ring (bicyclic) bond motifs is 1. The number of anilines is 1. The molecule has 2 aromatic carbocycles. The molecule has 1 N–H and O–H groups in total. The summed E-state index contributed by atoms with van der Waals surface area (Å²) in [5, 5.41) is 11.0. The van der Waals surface area contributed by atoms with Gasteiger partial charge in [-0.15, -0.1) is 24.9 Å². The van der Waals surface area contributed by atoms with Crippen molar-refractivity contribution in [3.63, 3.8) is 0 Å². The Hall–Kier alpha value is -3.07. The van der Waals surface area contributed by atoms with E-state index in [1.165, 1.54) is 0 Å². The molecule has 2 amide bonds. The molecular weight excluding hydrogens is 584 g/mol. The van der Waals surface area contributed by atoms with Gasteiger partial charge in [-0.25, -0.2) is 0 Å². The number of amides is 2. The van der Waals surface area contributed by atoms with E-state index < -0.39 is 28.7 Å². The van der Waals surface area contributed by atoms with Gasteiger partial charge in [0.1, 0.15) is 6.04 Å². The van der Waals surface area contributed by atoms with Gasteiger partial charge in [0.15, 0.2) is 0 Å². The zero-order valence-electron chi connectivity index (χ0n) is 24.5. The predicted octanol–water partition coefficient (Wildman–Crippen LogP) is 5.89. The largest absolute Gasteiger partial charge is 0.465 e. The number of carbonyl (C=O) groups is 3. The van der Waals surface area contributed by atoms with Crippen molar-refractivity contribution in [2.75, 3.05) is 24.7 Å². The van der Waals surface area contributed by atoms with Gasteiger partial charge < -0.3 is 19.6 Å². The Morgan fingerprint density at radius 2 is 1.95 bits per heavy atom. The second kappa shape index (κ2) is 13.3. The van der Waals surface area contributed by atoms with Gasteiger partial charge in [0.25, 0.3) is 5.91 Å². The average Bonchev–Trinajstić information content (AvgIpc) is 3.65. The third-order valence-electron chi connectivity index (χ3n) is 9.02. The fourth-order valence-electron chi connectivity index (χ4n) is 7.20. The van der Waals surface area contributed by atoms with Crippen LogP contribution in [0.15, 0.2) is 73.8 Å². The van der Waals surface area contributed by atoms with Gasteiger partial charge in [-0.3, -0.25) is 14.4 Å². The van der Waals surface area contributed by atoms with E-state index in [4.69, 9.17) is 16.3 Å². The molecule has 3 saturated heterocycles. The molecule has 9 heteroatoms. The fourth-order valence-corrected chi connectivity index (χ4v) is 9.71. The second-order valence-electron chi connectivity index (χ2n) is 11.5. The van der Waals surface area contributed by atoms with E-state index in [1.807, 2.05) is 55.5 Å². The zero-order valence-corrected chi connectivity index (χ0v) is 26.1. The van der Waals surface area contributed by atoms with Crippen molar-refractivity contribution < 1.29 is 24.2 Å². The third kappa shape index (κ3) is 5.54. The Labute approximate surface area is 262 Å². The number of para-hydroxylation sites is 1. The van der Waals surface area contributed by atoms with Crippen molar-refractivity contribution in [1.29, 1.82) is 0 Å². The SMILES string of the molecule is C=CCCCCOC(=O)[C@@H]1[C@H]2C(=O)N([C@H](CO)c3ccccc3)C(C(=O)N(CC=C)c3c(C)cccc3Cl)C23CC[C@H]1S3. The third-order valence-corrected chi connectivity index (χ3v) is 11.3. The summed E-state index contributed by atoms with van der Waals surface area (Å²) in [7, 11) is 0. The number of aliphatic hydroxyl groups is 1. The topological polar surface area (TPSA) is 87.1 Å². The Balaban J connectivity index is 1.58. The molecule has 0 radical (unpaired) electrons. The van der Waals surface area contributed by atoms with Gasteiger partial charge in [0.05, 0.1) is 46.5 Å². The number of ether oxygens (including phenoxy) is 1. The molecule has 0 saturated carbocycles. The molecule has 0 aliphatic carbocycles.